The topological polar surface area (TPSA) is 33.7 Å². The molecule has 1 atom stereocenters. The van der Waals surface area contributed by atoms with Crippen LogP contribution in [0.4, 0.5) is 0 Å². The van der Waals surface area contributed by atoms with Crippen LogP contribution in [0.2, 0.25) is 0 Å². The lowest BCUT2D eigenvalue weighted by molar-refractivity contribution is -0.0363. The summed E-state index contributed by atoms with van der Waals surface area (Å²) in [5, 5.41) is 3.38. The van der Waals surface area contributed by atoms with E-state index in [9.17, 15) is 0 Å². The quantitative estimate of drug-likeness (QED) is 0.667. The summed E-state index contributed by atoms with van der Waals surface area (Å²) in [6.07, 6.45) is 4.85. The molecule has 0 aromatic heterocycles. The monoisotopic (exact) mass is 286 g/mol. The van der Waals surface area contributed by atoms with Crippen LogP contribution in [0, 0.1) is 5.41 Å². The van der Waals surface area contributed by atoms with Crippen molar-refractivity contribution in [2.45, 2.75) is 45.6 Å². The molecule has 1 aliphatic rings. The van der Waals surface area contributed by atoms with Gasteiger partial charge in [-0.1, -0.05) is 13.8 Å². The molecule has 0 spiro atoms. The van der Waals surface area contributed by atoms with Gasteiger partial charge in [-0.05, 0) is 32.7 Å². The van der Waals surface area contributed by atoms with Gasteiger partial charge in [0.1, 0.15) is 0 Å². The Kier molecular flexibility index (Phi) is 8.69. The van der Waals surface area contributed by atoms with Gasteiger partial charge in [-0.25, -0.2) is 0 Å². The number of ether oxygens (including phenoxy) is 2. The summed E-state index contributed by atoms with van der Waals surface area (Å²) >= 11 is 0. The Bertz CT molecular complexity index is 233. The molecule has 120 valence electrons. The number of hydrogen-bond acceptors (Lipinski definition) is 4. The van der Waals surface area contributed by atoms with E-state index in [-0.39, 0.29) is 5.41 Å². The molecule has 1 N–H and O–H groups in total. The Labute approximate surface area is 125 Å². The van der Waals surface area contributed by atoms with Crippen LogP contribution >= 0.6 is 0 Å². The van der Waals surface area contributed by atoms with Crippen LogP contribution in [-0.2, 0) is 9.47 Å². The maximum Gasteiger partial charge on any atom is 0.0589 e. The van der Waals surface area contributed by atoms with Gasteiger partial charge >= 0.3 is 0 Å². The van der Waals surface area contributed by atoms with Crippen LogP contribution in [0.3, 0.4) is 0 Å². The Morgan fingerprint density at radius 2 is 2.10 bits per heavy atom. The summed E-state index contributed by atoms with van der Waals surface area (Å²) in [6, 6.07) is 0.654. The van der Waals surface area contributed by atoms with Gasteiger partial charge in [0, 0.05) is 44.8 Å². The van der Waals surface area contributed by atoms with Crippen LogP contribution in [0.15, 0.2) is 0 Å². The van der Waals surface area contributed by atoms with E-state index in [1.165, 1.54) is 25.7 Å². The Hall–Kier alpha value is -0.160. The van der Waals surface area contributed by atoms with Crippen molar-refractivity contribution in [2.24, 2.45) is 5.41 Å². The van der Waals surface area contributed by atoms with Crippen molar-refractivity contribution in [2.75, 3.05) is 53.6 Å². The van der Waals surface area contributed by atoms with E-state index in [1.807, 2.05) is 7.05 Å². The second-order valence-electron chi connectivity index (χ2n) is 6.12. The predicted molar refractivity (Wildman–Crippen MR) is 84.2 cm³/mol. The molecule has 0 radical (unpaired) electrons. The van der Waals surface area contributed by atoms with Gasteiger partial charge in [0.25, 0.3) is 0 Å². The maximum absolute atomic E-state index is 5.79. The molecule has 1 rings (SSSR count). The van der Waals surface area contributed by atoms with Gasteiger partial charge in [-0.3, -0.25) is 4.90 Å². The van der Waals surface area contributed by atoms with Gasteiger partial charge in [-0.15, -0.1) is 0 Å². The molecule has 1 fully saturated rings. The molecule has 20 heavy (non-hydrogen) atoms. The summed E-state index contributed by atoms with van der Waals surface area (Å²) in [5.41, 5.74) is 0.267. The van der Waals surface area contributed by atoms with Crippen molar-refractivity contribution in [3.63, 3.8) is 0 Å². The smallest absolute Gasteiger partial charge is 0.0589 e. The molecule has 0 aliphatic carbocycles. The zero-order valence-electron chi connectivity index (χ0n) is 13.9. The maximum atomic E-state index is 5.79. The molecule has 4 heteroatoms. The minimum atomic E-state index is 0.267. The van der Waals surface area contributed by atoms with Gasteiger partial charge in [0.15, 0.2) is 0 Å². The van der Waals surface area contributed by atoms with E-state index in [4.69, 9.17) is 9.47 Å². The van der Waals surface area contributed by atoms with Crippen LogP contribution in [0.1, 0.15) is 39.5 Å². The second kappa shape index (κ2) is 9.72. The summed E-state index contributed by atoms with van der Waals surface area (Å²) in [4.78, 5) is 2.62. The second-order valence-corrected chi connectivity index (χ2v) is 6.12. The largest absolute Gasteiger partial charge is 0.383 e. The third kappa shape index (κ3) is 5.32. The molecule has 0 aromatic carbocycles. The lowest BCUT2D eigenvalue weighted by Gasteiger charge is -2.43. The summed E-state index contributed by atoms with van der Waals surface area (Å²) in [7, 11) is 3.84. The van der Waals surface area contributed by atoms with Gasteiger partial charge < -0.3 is 14.8 Å². The highest BCUT2D eigenvalue weighted by molar-refractivity contribution is 4.88. The van der Waals surface area contributed by atoms with Crippen LogP contribution in [0.25, 0.3) is 0 Å². The number of methoxy groups -OCH3 is 1. The molecular weight excluding hydrogens is 252 g/mol. The highest BCUT2D eigenvalue weighted by atomic mass is 16.5. The fourth-order valence-electron chi connectivity index (χ4n) is 3.44. The molecule has 1 unspecified atom stereocenters. The lowest BCUT2D eigenvalue weighted by Crippen LogP contribution is -2.51. The van der Waals surface area contributed by atoms with E-state index in [2.05, 4.69) is 24.1 Å². The first-order valence-corrected chi connectivity index (χ1v) is 8.16. The van der Waals surface area contributed by atoms with E-state index >= 15 is 0 Å². The average molecular weight is 286 g/mol. The lowest BCUT2D eigenvalue weighted by atomic mass is 9.81. The number of hydrogen-bond donors (Lipinski definition) is 1. The number of nitrogens with one attached hydrogen (secondary N) is 1. The first kappa shape index (κ1) is 17.9. The molecule has 4 nitrogen and oxygen atoms in total. The Morgan fingerprint density at radius 1 is 1.35 bits per heavy atom. The van der Waals surface area contributed by atoms with Gasteiger partial charge in [0.2, 0.25) is 0 Å². The molecular formula is C16H34N2O2. The minimum absolute atomic E-state index is 0.267. The fraction of sp³-hybridized carbons (Fsp3) is 1.00. The predicted octanol–water partition coefficient (Wildman–Crippen LogP) is 2.14. The van der Waals surface area contributed by atoms with Crippen molar-refractivity contribution in [3.05, 3.63) is 0 Å². The molecule has 1 saturated heterocycles. The normalized spacial score (nSPS) is 23.7. The number of rotatable bonds is 10. The van der Waals surface area contributed by atoms with Crippen LogP contribution in [0.5, 0.6) is 0 Å². The fourth-order valence-corrected chi connectivity index (χ4v) is 3.44. The van der Waals surface area contributed by atoms with Gasteiger partial charge in [-0.2, -0.15) is 0 Å². The van der Waals surface area contributed by atoms with Crippen molar-refractivity contribution < 1.29 is 9.47 Å². The summed E-state index contributed by atoms with van der Waals surface area (Å²) in [5.74, 6) is 0. The highest BCUT2D eigenvalue weighted by Crippen LogP contribution is 2.30. The average Bonchev–Trinajstić information content (AvgIpc) is 2.47. The van der Waals surface area contributed by atoms with Crippen LogP contribution in [-0.4, -0.2) is 64.6 Å². The summed E-state index contributed by atoms with van der Waals surface area (Å²) in [6.45, 7) is 10.4. The van der Waals surface area contributed by atoms with E-state index < -0.39 is 0 Å². The zero-order chi connectivity index (χ0) is 14.8. The highest BCUT2D eigenvalue weighted by Gasteiger charge is 2.35. The SMILES string of the molecule is CCC(CC)N(CCOC)CC1(CNC)CCCOC1. The summed E-state index contributed by atoms with van der Waals surface area (Å²) < 4.78 is 11.1. The van der Waals surface area contributed by atoms with Crippen molar-refractivity contribution >= 4 is 0 Å². The number of nitrogens with zero attached hydrogens (tertiary/aromatic N) is 1. The molecule has 0 saturated carbocycles. The molecule has 1 aliphatic heterocycles. The standard InChI is InChI=1S/C16H34N2O2/c1-5-15(6-2)18(9-11-19-4)13-16(12-17-3)8-7-10-20-14-16/h15,17H,5-14H2,1-4H3. The molecule has 0 bridgehead atoms. The third-order valence-electron chi connectivity index (χ3n) is 4.54. The third-order valence-corrected chi connectivity index (χ3v) is 4.54. The van der Waals surface area contributed by atoms with Gasteiger partial charge in [0.05, 0.1) is 13.2 Å². The zero-order valence-corrected chi connectivity index (χ0v) is 13.9. The molecule has 0 aromatic rings. The minimum Gasteiger partial charge on any atom is -0.383 e. The Morgan fingerprint density at radius 3 is 2.60 bits per heavy atom. The molecule has 0 amide bonds. The van der Waals surface area contributed by atoms with Crippen molar-refractivity contribution in [1.82, 2.24) is 10.2 Å². The van der Waals surface area contributed by atoms with E-state index in [0.717, 1.165) is 39.5 Å². The van der Waals surface area contributed by atoms with Crippen molar-refractivity contribution in [3.8, 4) is 0 Å². The van der Waals surface area contributed by atoms with E-state index in [0.29, 0.717) is 6.04 Å². The van der Waals surface area contributed by atoms with Crippen LogP contribution < -0.4 is 5.32 Å². The first-order chi connectivity index (χ1) is 9.71. The Balaban J connectivity index is 2.71. The molecule has 1 heterocycles. The first-order valence-electron chi connectivity index (χ1n) is 8.16. The van der Waals surface area contributed by atoms with Crippen molar-refractivity contribution in [1.29, 1.82) is 0 Å². The van der Waals surface area contributed by atoms with E-state index in [1.54, 1.807) is 7.11 Å².